The molecule has 90 valence electrons. The van der Waals surface area contributed by atoms with E-state index >= 15 is 0 Å². The second kappa shape index (κ2) is 7.11. The lowest BCUT2D eigenvalue weighted by molar-refractivity contribution is -0.113. The molecule has 0 spiro atoms. The zero-order chi connectivity index (χ0) is 12.0. The first-order valence-corrected chi connectivity index (χ1v) is 7.09. The van der Waals surface area contributed by atoms with Crippen molar-refractivity contribution in [1.82, 2.24) is 5.16 Å². The molecule has 0 fully saturated rings. The van der Waals surface area contributed by atoms with E-state index in [9.17, 15) is 4.79 Å². The maximum absolute atomic E-state index is 11.1. The minimum Gasteiger partial charge on any atom is -0.358 e. The summed E-state index contributed by atoms with van der Waals surface area (Å²) in [5, 5.41) is 6.75. The van der Waals surface area contributed by atoms with Gasteiger partial charge in [-0.15, -0.1) is 0 Å². The lowest BCUT2D eigenvalue weighted by atomic mass is 10.2. The van der Waals surface area contributed by atoms with Crippen LogP contribution in [-0.2, 0) is 11.2 Å². The number of rotatable bonds is 6. The number of anilines is 1. The molecule has 1 aromatic heterocycles. The van der Waals surface area contributed by atoms with Gasteiger partial charge >= 0.3 is 0 Å². The molecule has 1 aromatic rings. The minimum absolute atomic E-state index is 0.129. The molecule has 0 aromatic carbocycles. The first-order valence-electron chi connectivity index (χ1n) is 5.18. The van der Waals surface area contributed by atoms with E-state index in [0.717, 1.165) is 25.7 Å². The van der Waals surface area contributed by atoms with E-state index in [1.54, 1.807) is 0 Å². The lowest BCUT2D eigenvalue weighted by Gasteiger charge is -1.97. The number of carbonyl (C=O) groups excluding carboxylic acids is 1. The summed E-state index contributed by atoms with van der Waals surface area (Å²) >= 11 is 8.00. The smallest absolute Gasteiger partial charge is 0.235 e. The van der Waals surface area contributed by atoms with Crippen LogP contribution in [0.3, 0.4) is 0 Å². The topological polar surface area (TPSA) is 55.1 Å². The van der Waals surface area contributed by atoms with Crippen LogP contribution in [0.25, 0.3) is 0 Å². The Labute approximate surface area is 113 Å². The van der Waals surface area contributed by atoms with Crippen molar-refractivity contribution in [2.24, 2.45) is 0 Å². The highest BCUT2D eigenvalue weighted by atomic mass is 127. The molecule has 1 amide bonds. The molecule has 1 heterocycles. The van der Waals surface area contributed by atoms with Crippen LogP contribution in [0.4, 0.5) is 5.82 Å². The summed E-state index contributed by atoms with van der Waals surface area (Å²) in [5.41, 5.74) is 0. The second-order valence-corrected chi connectivity index (χ2v) is 4.55. The van der Waals surface area contributed by atoms with E-state index in [2.05, 4.69) is 17.4 Å². The number of alkyl halides is 1. The molecule has 0 radical (unpaired) electrons. The third-order valence-electron chi connectivity index (χ3n) is 2.09. The average Bonchev–Trinajstić information content (AvgIpc) is 2.62. The zero-order valence-electron chi connectivity index (χ0n) is 9.06. The van der Waals surface area contributed by atoms with Gasteiger partial charge in [-0.25, -0.2) is 0 Å². The maximum atomic E-state index is 11.1. The van der Waals surface area contributed by atoms with Gasteiger partial charge in [-0.05, 0) is 6.42 Å². The molecule has 1 rings (SSSR count). The first-order chi connectivity index (χ1) is 7.69. The van der Waals surface area contributed by atoms with E-state index in [0.29, 0.717) is 21.0 Å². The zero-order valence-corrected chi connectivity index (χ0v) is 12.0. The molecular weight excluding hydrogens is 342 g/mol. The number of amides is 1. The molecule has 1 N–H and O–H groups in total. The predicted molar refractivity (Wildman–Crippen MR) is 72.3 cm³/mol. The molecule has 0 saturated heterocycles. The quantitative estimate of drug-likeness (QED) is 0.483. The fourth-order valence-corrected chi connectivity index (χ4v) is 1.65. The normalized spacial score (nSPS) is 10.4. The summed E-state index contributed by atoms with van der Waals surface area (Å²) in [6.07, 6.45) is 4.06. The van der Waals surface area contributed by atoms with Crippen molar-refractivity contribution < 1.29 is 9.32 Å². The van der Waals surface area contributed by atoms with E-state index in [-0.39, 0.29) is 5.91 Å². The number of carbonyl (C=O) groups is 1. The van der Waals surface area contributed by atoms with Crippen molar-refractivity contribution in [3.05, 3.63) is 10.8 Å². The second-order valence-electron chi connectivity index (χ2n) is 3.41. The Morgan fingerprint density at radius 3 is 2.94 bits per heavy atom. The van der Waals surface area contributed by atoms with Gasteiger partial charge in [-0.3, -0.25) is 4.79 Å². The van der Waals surface area contributed by atoms with E-state index in [1.165, 1.54) is 0 Å². The summed E-state index contributed by atoms with van der Waals surface area (Å²) < 4.78 is 5.46. The van der Waals surface area contributed by atoms with Crippen LogP contribution in [0.2, 0.25) is 5.02 Å². The molecule has 0 aliphatic rings. The van der Waals surface area contributed by atoms with Crippen LogP contribution in [0.5, 0.6) is 0 Å². The number of halogens is 2. The molecule has 0 saturated carbocycles. The number of nitrogens with zero attached hydrogens (tertiary/aromatic N) is 1. The summed E-state index contributed by atoms with van der Waals surface area (Å²) in [7, 11) is 0. The predicted octanol–water partition coefficient (Wildman–Crippen LogP) is 3.43. The van der Waals surface area contributed by atoms with Crippen molar-refractivity contribution in [2.75, 3.05) is 9.74 Å². The fourth-order valence-electron chi connectivity index (χ4n) is 1.25. The van der Waals surface area contributed by atoms with Gasteiger partial charge in [0.1, 0.15) is 5.02 Å². The van der Waals surface area contributed by atoms with Gasteiger partial charge in [0.15, 0.2) is 11.6 Å². The number of aryl methyl sites for hydroxylation is 1. The van der Waals surface area contributed by atoms with Gasteiger partial charge in [0.2, 0.25) is 5.91 Å². The van der Waals surface area contributed by atoms with Crippen molar-refractivity contribution in [3.63, 3.8) is 0 Å². The van der Waals surface area contributed by atoms with Crippen molar-refractivity contribution >= 4 is 45.9 Å². The molecule has 16 heavy (non-hydrogen) atoms. The molecule has 0 atom stereocenters. The lowest BCUT2D eigenvalue weighted by Crippen LogP contribution is -2.12. The van der Waals surface area contributed by atoms with Gasteiger partial charge in [-0.2, -0.15) is 0 Å². The summed E-state index contributed by atoms with van der Waals surface area (Å²) in [6, 6.07) is 0. The van der Waals surface area contributed by atoms with Crippen LogP contribution in [0, 0.1) is 0 Å². The largest absolute Gasteiger partial charge is 0.358 e. The fraction of sp³-hybridized carbons (Fsp3) is 0.600. The standard InChI is InChI=1S/C10H14ClIN2O2/c1-2-3-4-5-7-9(11)10(14-16-7)13-8(15)6-12/h2-6H2,1H3,(H,13,14,15). The third-order valence-corrected chi connectivity index (χ3v) is 3.17. The highest BCUT2D eigenvalue weighted by Gasteiger charge is 2.15. The highest BCUT2D eigenvalue weighted by Crippen LogP contribution is 2.26. The number of nitrogens with one attached hydrogen (secondary N) is 1. The number of aromatic nitrogens is 1. The van der Waals surface area contributed by atoms with E-state index in [4.69, 9.17) is 16.1 Å². The van der Waals surface area contributed by atoms with Crippen molar-refractivity contribution in [3.8, 4) is 0 Å². The molecule has 0 aliphatic heterocycles. The molecular formula is C10H14ClIN2O2. The van der Waals surface area contributed by atoms with E-state index in [1.807, 2.05) is 22.6 Å². The van der Waals surface area contributed by atoms with Gasteiger partial charge in [0, 0.05) is 6.42 Å². The van der Waals surface area contributed by atoms with Crippen LogP contribution in [0.1, 0.15) is 31.9 Å². The molecule has 0 aliphatic carbocycles. The van der Waals surface area contributed by atoms with Gasteiger partial charge in [0.05, 0.1) is 4.43 Å². The molecule has 0 bridgehead atoms. The Bertz CT molecular complexity index is 355. The van der Waals surface area contributed by atoms with Crippen LogP contribution < -0.4 is 5.32 Å². The Kier molecular flexibility index (Phi) is 6.12. The number of hydrogen-bond acceptors (Lipinski definition) is 3. The first kappa shape index (κ1) is 13.8. The number of unbranched alkanes of at least 4 members (excludes halogenated alkanes) is 2. The minimum atomic E-state index is -0.129. The Morgan fingerprint density at radius 1 is 1.56 bits per heavy atom. The van der Waals surface area contributed by atoms with Crippen LogP contribution >= 0.6 is 34.2 Å². The van der Waals surface area contributed by atoms with Crippen molar-refractivity contribution in [2.45, 2.75) is 32.6 Å². The van der Waals surface area contributed by atoms with Gasteiger partial charge in [0.25, 0.3) is 0 Å². The maximum Gasteiger partial charge on any atom is 0.235 e. The van der Waals surface area contributed by atoms with Gasteiger partial charge < -0.3 is 9.84 Å². The summed E-state index contributed by atoms with van der Waals surface area (Å²) in [5.74, 6) is 0.851. The molecule has 6 heteroatoms. The summed E-state index contributed by atoms with van der Waals surface area (Å²) in [4.78, 5) is 11.1. The Morgan fingerprint density at radius 2 is 2.31 bits per heavy atom. The van der Waals surface area contributed by atoms with Crippen molar-refractivity contribution in [1.29, 1.82) is 0 Å². The van der Waals surface area contributed by atoms with E-state index < -0.39 is 0 Å². The molecule has 0 unspecified atom stereocenters. The van der Waals surface area contributed by atoms with Crippen LogP contribution in [0.15, 0.2) is 4.52 Å². The highest BCUT2D eigenvalue weighted by molar-refractivity contribution is 14.1. The SMILES string of the molecule is CCCCCc1onc(NC(=O)CI)c1Cl. The average molecular weight is 357 g/mol. The third kappa shape index (κ3) is 3.93. The monoisotopic (exact) mass is 356 g/mol. The van der Waals surface area contributed by atoms with Crippen LogP contribution in [-0.4, -0.2) is 15.5 Å². The molecule has 4 nitrogen and oxygen atoms in total. The Balaban J connectivity index is 2.58. The van der Waals surface area contributed by atoms with Gasteiger partial charge in [-0.1, -0.05) is 59.1 Å². The number of hydrogen-bond donors (Lipinski definition) is 1. The summed E-state index contributed by atoms with van der Waals surface area (Å²) in [6.45, 7) is 2.13. The Hall–Kier alpha value is -0.300.